The van der Waals surface area contributed by atoms with Gasteiger partial charge in [0.2, 0.25) is 0 Å². The van der Waals surface area contributed by atoms with Crippen LogP contribution in [0.1, 0.15) is 5.56 Å². The minimum absolute atomic E-state index is 0.0663. The fourth-order valence-electron chi connectivity index (χ4n) is 1.85. The van der Waals surface area contributed by atoms with Gasteiger partial charge in [0.25, 0.3) is 10.0 Å². The van der Waals surface area contributed by atoms with Crippen LogP contribution in [0.25, 0.3) is 0 Å². The Morgan fingerprint density at radius 3 is 2.39 bits per heavy atom. The van der Waals surface area contributed by atoms with E-state index in [0.717, 1.165) is 0 Å². The quantitative estimate of drug-likeness (QED) is 0.639. The molecule has 0 atom stereocenters. The molecule has 0 bridgehead atoms. The van der Waals surface area contributed by atoms with E-state index in [0.29, 0.717) is 22.1 Å². The molecule has 0 fully saturated rings. The second-order valence-electron chi connectivity index (χ2n) is 4.39. The third-order valence-electron chi connectivity index (χ3n) is 2.93. The average Bonchev–Trinajstić information content (AvgIpc) is 2.54. The van der Waals surface area contributed by atoms with Gasteiger partial charge in [-0.1, -0.05) is 17.7 Å². The standard InChI is InChI=1S/C15H15ClN2O4S/c1-21-14-5-3-4-11(15(14)22-2)10-17-18-23(19,20)13-8-6-12(16)7-9-13/h3-10,18H,1-2H3. The van der Waals surface area contributed by atoms with Gasteiger partial charge in [0.05, 0.1) is 25.3 Å². The summed E-state index contributed by atoms with van der Waals surface area (Å²) in [5, 5.41) is 4.22. The van der Waals surface area contributed by atoms with Gasteiger partial charge >= 0.3 is 0 Å². The number of hydrazone groups is 1. The van der Waals surface area contributed by atoms with E-state index >= 15 is 0 Å². The van der Waals surface area contributed by atoms with Crippen molar-refractivity contribution in [2.24, 2.45) is 5.10 Å². The van der Waals surface area contributed by atoms with Crippen LogP contribution in [0.2, 0.25) is 5.02 Å². The predicted octanol–water partition coefficient (Wildman–Crippen LogP) is 2.67. The van der Waals surface area contributed by atoms with Crippen LogP contribution in [-0.4, -0.2) is 28.9 Å². The Bertz CT molecular complexity index is 805. The Labute approximate surface area is 139 Å². The van der Waals surface area contributed by atoms with Gasteiger partial charge in [-0.25, -0.2) is 4.83 Å². The third-order valence-corrected chi connectivity index (χ3v) is 4.42. The number of para-hydroxylation sites is 1. The first kappa shape index (κ1) is 17.1. The number of ether oxygens (including phenoxy) is 2. The monoisotopic (exact) mass is 354 g/mol. The number of methoxy groups -OCH3 is 2. The van der Waals surface area contributed by atoms with E-state index in [2.05, 4.69) is 9.93 Å². The first-order chi connectivity index (χ1) is 11.0. The number of halogens is 1. The summed E-state index contributed by atoms with van der Waals surface area (Å²) in [6, 6.07) is 11.0. The van der Waals surface area contributed by atoms with Crippen LogP contribution >= 0.6 is 11.6 Å². The highest BCUT2D eigenvalue weighted by molar-refractivity contribution is 7.89. The van der Waals surface area contributed by atoms with Crippen molar-refractivity contribution >= 4 is 27.8 Å². The number of sulfonamides is 1. The van der Waals surface area contributed by atoms with Crippen molar-refractivity contribution in [3.05, 3.63) is 53.1 Å². The minimum Gasteiger partial charge on any atom is -0.493 e. The first-order valence-corrected chi connectivity index (χ1v) is 8.35. The van der Waals surface area contributed by atoms with E-state index in [-0.39, 0.29) is 4.90 Å². The topological polar surface area (TPSA) is 77.0 Å². The molecule has 0 heterocycles. The Kier molecular flexibility index (Phi) is 5.46. The summed E-state index contributed by atoms with van der Waals surface area (Å²) in [4.78, 5) is 2.20. The van der Waals surface area contributed by atoms with E-state index in [9.17, 15) is 8.42 Å². The first-order valence-electron chi connectivity index (χ1n) is 6.49. The summed E-state index contributed by atoms with van der Waals surface area (Å²) in [6.07, 6.45) is 1.34. The molecule has 6 nitrogen and oxygen atoms in total. The average molecular weight is 355 g/mol. The molecule has 0 aliphatic rings. The Morgan fingerprint density at radius 2 is 1.78 bits per heavy atom. The number of nitrogens with zero attached hydrogens (tertiary/aromatic N) is 1. The highest BCUT2D eigenvalue weighted by Crippen LogP contribution is 2.29. The van der Waals surface area contributed by atoms with E-state index in [1.807, 2.05) is 0 Å². The molecule has 0 spiro atoms. The second-order valence-corrected chi connectivity index (χ2v) is 6.49. The zero-order valence-corrected chi connectivity index (χ0v) is 14.1. The van der Waals surface area contributed by atoms with Gasteiger partial charge in [-0.05, 0) is 36.4 Å². The Balaban J connectivity index is 2.20. The molecule has 0 aliphatic heterocycles. The predicted molar refractivity (Wildman–Crippen MR) is 88.9 cm³/mol. The molecule has 0 unspecified atom stereocenters. The maximum Gasteiger partial charge on any atom is 0.276 e. The molecule has 0 amide bonds. The normalized spacial score (nSPS) is 11.4. The lowest BCUT2D eigenvalue weighted by atomic mass is 10.2. The highest BCUT2D eigenvalue weighted by atomic mass is 35.5. The fourth-order valence-corrected chi connectivity index (χ4v) is 2.76. The zero-order chi connectivity index (χ0) is 16.9. The number of hydrogen-bond donors (Lipinski definition) is 1. The molecule has 0 aromatic heterocycles. The van der Waals surface area contributed by atoms with Crippen molar-refractivity contribution in [3.63, 3.8) is 0 Å². The van der Waals surface area contributed by atoms with Gasteiger partial charge in [-0.2, -0.15) is 13.5 Å². The molecule has 2 aromatic carbocycles. The smallest absolute Gasteiger partial charge is 0.276 e. The van der Waals surface area contributed by atoms with Crippen LogP contribution in [0.5, 0.6) is 11.5 Å². The van der Waals surface area contributed by atoms with Crippen LogP contribution in [0, 0.1) is 0 Å². The minimum atomic E-state index is -3.76. The fraction of sp³-hybridized carbons (Fsp3) is 0.133. The van der Waals surface area contributed by atoms with Crippen LogP contribution in [0.15, 0.2) is 52.5 Å². The number of nitrogens with one attached hydrogen (secondary N) is 1. The summed E-state index contributed by atoms with van der Waals surface area (Å²) in [5.74, 6) is 0.987. The molecule has 122 valence electrons. The van der Waals surface area contributed by atoms with E-state index < -0.39 is 10.0 Å². The summed E-state index contributed by atoms with van der Waals surface area (Å²) >= 11 is 5.74. The van der Waals surface area contributed by atoms with Crippen molar-refractivity contribution in [1.29, 1.82) is 0 Å². The Hall–Kier alpha value is -2.25. The van der Waals surface area contributed by atoms with Gasteiger partial charge in [0.15, 0.2) is 11.5 Å². The largest absolute Gasteiger partial charge is 0.493 e. The van der Waals surface area contributed by atoms with Crippen LogP contribution in [-0.2, 0) is 10.0 Å². The van der Waals surface area contributed by atoms with Gasteiger partial charge in [-0.3, -0.25) is 0 Å². The van der Waals surface area contributed by atoms with E-state index in [1.54, 1.807) is 18.2 Å². The zero-order valence-electron chi connectivity index (χ0n) is 12.5. The van der Waals surface area contributed by atoms with Crippen LogP contribution in [0.4, 0.5) is 0 Å². The van der Waals surface area contributed by atoms with Crippen molar-refractivity contribution in [3.8, 4) is 11.5 Å². The van der Waals surface area contributed by atoms with Crippen molar-refractivity contribution in [1.82, 2.24) is 4.83 Å². The molecule has 1 N–H and O–H groups in total. The van der Waals surface area contributed by atoms with Gasteiger partial charge in [0.1, 0.15) is 0 Å². The van der Waals surface area contributed by atoms with Crippen molar-refractivity contribution in [2.45, 2.75) is 4.90 Å². The molecule has 2 rings (SSSR count). The third kappa shape index (κ3) is 4.14. The molecule has 8 heteroatoms. The lowest BCUT2D eigenvalue weighted by molar-refractivity contribution is 0.354. The van der Waals surface area contributed by atoms with E-state index in [4.69, 9.17) is 21.1 Å². The Morgan fingerprint density at radius 1 is 1.09 bits per heavy atom. The molecule has 0 saturated carbocycles. The SMILES string of the molecule is COc1cccc(C=NNS(=O)(=O)c2ccc(Cl)cc2)c1OC. The lowest BCUT2D eigenvalue weighted by Crippen LogP contribution is -2.18. The molecule has 0 saturated heterocycles. The number of benzene rings is 2. The lowest BCUT2D eigenvalue weighted by Gasteiger charge is -2.09. The van der Waals surface area contributed by atoms with Crippen LogP contribution in [0.3, 0.4) is 0 Å². The highest BCUT2D eigenvalue weighted by Gasteiger charge is 2.12. The summed E-state index contributed by atoms with van der Waals surface area (Å²) < 4.78 is 34.6. The summed E-state index contributed by atoms with van der Waals surface area (Å²) in [7, 11) is -0.752. The van der Waals surface area contributed by atoms with Crippen molar-refractivity contribution in [2.75, 3.05) is 14.2 Å². The number of rotatable bonds is 6. The molecule has 2 aromatic rings. The molecular weight excluding hydrogens is 340 g/mol. The summed E-state index contributed by atoms with van der Waals surface area (Å²) in [5.41, 5.74) is 0.575. The van der Waals surface area contributed by atoms with Crippen LogP contribution < -0.4 is 14.3 Å². The van der Waals surface area contributed by atoms with Gasteiger partial charge in [-0.15, -0.1) is 0 Å². The van der Waals surface area contributed by atoms with E-state index in [1.165, 1.54) is 44.7 Å². The van der Waals surface area contributed by atoms with Crippen molar-refractivity contribution < 1.29 is 17.9 Å². The second kappa shape index (κ2) is 7.34. The van der Waals surface area contributed by atoms with Gasteiger partial charge in [0, 0.05) is 10.6 Å². The maximum absolute atomic E-state index is 12.1. The summed E-state index contributed by atoms with van der Waals surface area (Å²) in [6.45, 7) is 0. The molecule has 0 radical (unpaired) electrons. The molecule has 23 heavy (non-hydrogen) atoms. The molecular formula is C15H15ClN2O4S. The molecule has 0 aliphatic carbocycles. The maximum atomic E-state index is 12.1. The number of hydrogen-bond acceptors (Lipinski definition) is 5. The van der Waals surface area contributed by atoms with Gasteiger partial charge < -0.3 is 9.47 Å².